The molecule has 0 saturated carbocycles. The van der Waals surface area contributed by atoms with Crippen LogP contribution in [-0.4, -0.2) is 17.4 Å². The van der Waals surface area contributed by atoms with Crippen LogP contribution in [0.5, 0.6) is 0 Å². The number of alkyl halides is 2. The monoisotopic (exact) mass is 274 g/mol. The first kappa shape index (κ1) is 14.3. The average Bonchev–Trinajstić information content (AvgIpc) is 2.26. The third-order valence-corrected chi connectivity index (χ3v) is 2.67. The molecule has 1 rings (SSSR count). The van der Waals surface area contributed by atoms with E-state index in [9.17, 15) is 4.79 Å². The van der Waals surface area contributed by atoms with Gasteiger partial charge in [0.05, 0.1) is 6.61 Å². The molecule has 2 nitrogen and oxygen atoms in total. The zero-order valence-electron chi connectivity index (χ0n) is 9.95. The molecule has 0 bridgehead atoms. The normalized spacial score (nSPS) is 11.6. The lowest BCUT2D eigenvalue weighted by atomic mass is 9.87. The third-order valence-electron chi connectivity index (χ3n) is 2.31. The van der Waals surface area contributed by atoms with Crippen molar-refractivity contribution in [2.45, 2.75) is 25.1 Å². The molecular formula is C13H16Cl2O2. The Hall–Kier alpha value is -0.730. The maximum atomic E-state index is 11.2. The lowest BCUT2D eigenvalue weighted by Crippen LogP contribution is -2.26. The molecule has 0 fully saturated rings. The van der Waals surface area contributed by atoms with Gasteiger partial charge in [0.25, 0.3) is 0 Å². The predicted octanol–water partition coefficient (Wildman–Crippen LogP) is 3.60. The SMILES string of the molecule is CC(C)(COC(=O)C(Cl)Cl)Cc1ccccc1. The van der Waals surface area contributed by atoms with Crippen LogP contribution in [-0.2, 0) is 16.0 Å². The highest BCUT2D eigenvalue weighted by Gasteiger charge is 2.22. The Kier molecular flexibility index (Phi) is 5.29. The van der Waals surface area contributed by atoms with Gasteiger partial charge in [-0.1, -0.05) is 67.4 Å². The van der Waals surface area contributed by atoms with Gasteiger partial charge in [-0.15, -0.1) is 0 Å². The van der Waals surface area contributed by atoms with Gasteiger partial charge in [0, 0.05) is 5.41 Å². The Labute approximate surface area is 112 Å². The summed E-state index contributed by atoms with van der Waals surface area (Å²) in [5, 5.41) is 0. The van der Waals surface area contributed by atoms with Crippen molar-refractivity contribution >= 4 is 29.2 Å². The zero-order valence-corrected chi connectivity index (χ0v) is 11.5. The van der Waals surface area contributed by atoms with E-state index in [0.717, 1.165) is 6.42 Å². The van der Waals surface area contributed by atoms with Crippen LogP contribution in [0.1, 0.15) is 19.4 Å². The van der Waals surface area contributed by atoms with E-state index >= 15 is 0 Å². The van der Waals surface area contributed by atoms with Crippen molar-refractivity contribution in [3.63, 3.8) is 0 Å². The lowest BCUT2D eigenvalue weighted by Gasteiger charge is -2.24. The molecule has 4 heteroatoms. The average molecular weight is 275 g/mol. The van der Waals surface area contributed by atoms with Crippen molar-refractivity contribution in [1.29, 1.82) is 0 Å². The Bertz CT molecular complexity index is 361. The summed E-state index contributed by atoms with van der Waals surface area (Å²) < 4.78 is 5.04. The standard InChI is InChI=1S/C13H16Cl2O2/c1-13(2,9-17-12(16)11(14)15)8-10-6-4-3-5-7-10/h3-7,11H,8-9H2,1-2H3. The van der Waals surface area contributed by atoms with Gasteiger partial charge in [0.2, 0.25) is 4.84 Å². The first-order chi connectivity index (χ1) is 7.91. The summed E-state index contributed by atoms with van der Waals surface area (Å²) in [5.41, 5.74) is 1.07. The molecule has 1 aromatic carbocycles. The molecule has 0 aliphatic heterocycles. The number of carbonyl (C=O) groups excluding carboxylic acids is 1. The van der Waals surface area contributed by atoms with Gasteiger partial charge in [-0.25, -0.2) is 4.79 Å². The van der Waals surface area contributed by atoms with Crippen LogP contribution in [0.4, 0.5) is 0 Å². The van der Waals surface area contributed by atoms with Crippen molar-refractivity contribution in [3.8, 4) is 0 Å². The molecule has 0 atom stereocenters. The summed E-state index contributed by atoms with van der Waals surface area (Å²) in [6.45, 7) is 4.37. The first-order valence-electron chi connectivity index (χ1n) is 5.39. The van der Waals surface area contributed by atoms with Gasteiger partial charge >= 0.3 is 5.97 Å². The molecule has 1 aromatic rings. The van der Waals surface area contributed by atoms with E-state index in [0.29, 0.717) is 6.61 Å². The highest BCUT2D eigenvalue weighted by molar-refractivity contribution is 6.52. The fourth-order valence-corrected chi connectivity index (χ4v) is 1.65. The van der Waals surface area contributed by atoms with Gasteiger partial charge in [0.1, 0.15) is 0 Å². The van der Waals surface area contributed by atoms with Crippen molar-refractivity contribution in [2.75, 3.05) is 6.61 Å². The number of benzene rings is 1. The molecule has 0 N–H and O–H groups in total. The maximum absolute atomic E-state index is 11.2. The minimum atomic E-state index is -1.11. The molecule has 17 heavy (non-hydrogen) atoms. The first-order valence-corrected chi connectivity index (χ1v) is 6.27. The smallest absolute Gasteiger partial charge is 0.339 e. The highest BCUT2D eigenvalue weighted by atomic mass is 35.5. The van der Waals surface area contributed by atoms with E-state index < -0.39 is 10.8 Å². The fourth-order valence-electron chi connectivity index (χ4n) is 1.53. The summed E-state index contributed by atoms with van der Waals surface area (Å²) in [7, 11) is 0. The van der Waals surface area contributed by atoms with E-state index in [-0.39, 0.29) is 5.41 Å². The van der Waals surface area contributed by atoms with Crippen LogP contribution in [0.15, 0.2) is 30.3 Å². The maximum Gasteiger partial charge on any atom is 0.339 e. The van der Waals surface area contributed by atoms with Gasteiger partial charge in [-0.3, -0.25) is 0 Å². The van der Waals surface area contributed by atoms with Crippen molar-refractivity contribution in [1.82, 2.24) is 0 Å². The zero-order chi connectivity index (χ0) is 12.9. The molecule has 0 spiro atoms. The topological polar surface area (TPSA) is 26.3 Å². The van der Waals surface area contributed by atoms with Crippen molar-refractivity contribution in [2.24, 2.45) is 5.41 Å². The largest absolute Gasteiger partial charge is 0.463 e. The van der Waals surface area contributed by atoms with Crippen LogP contribution in [0.3, 0.4) is 0 Å². The van der Waals surface area contributed by atoms with Gasteiger partial charge < -0.3 is 4.74 Å². The Balaban J connectivity index is 2.49. The molecule has 0 amide bonds. The molecule has 0 heterocycles. The third kappa shape index (κ3) is 5.42. The second-order valence-electron chi connectivity index (χ2n) is 4.73. The van der Waals surface area contributed by atoms with Gasteiger partial charge in [0.15, 0.2) is 0 Å². The summed E-state index contributed by atoms with van der Waals surface area (Å²) in [6, 6.07) is 10.1. The van der Waals surface area contributed by atoms with Crippen molar-refractivity contribution < 1.29 is 9.53 Å². The summed E-state index contributed by atoms with van der Waals surface area (Å²) in [4.78, 5) is 10.0. The van der Waals surface area contributed by atoms with Crippen molar-refractivity contribution in [3.05, 3.63) is 35.9 Å². The molecule has 94 valence electrons. The molecule has 0 unspecified atom stereocenters. The minimum absolute atomic E-state index is 0.139. The van der Waals surface area contributed by atoms with Crippen LogP contribution in [0.25, 0.3) is 0 Å². The van der Waals surface area contributed by atoms with E-state index in [1.165, 1.54) is 5.56 Å². The van der Waals surface area contributed by atoms with E-state index in [4.69, 9.17) is 27.9 Å². The number of esters is 1. The van der Waals surface area contributed by atoms with Crippen LogP contribution in [0.2, 0.25) is 0 Å². The van der Waals surface area contributed by atoms with Gasteiger partial charge in [-0.05, 0) is 12.0 Å². The predicted molar refractivity (Wildman–Crippen MR) is 70.4 cm³/mol. The highest BCUT2D eigenvalue weighted by Crippen LogP contribution is 2.22. The van der Waals surface area contributed by atoms with E-state index in [1.54, 1.807) is 0 Å². The second-order valence-corrected chi connectivity index (χ2v) is 5.83. The Morgan fingerprint density at radius 1 is 1.29 bits per heavy atom. The number of ether oxygens (including phenoxy) is 1. The molecule has 0 radical (unpaired) electrons. The summed E-state index contributed by atoms with van der Waals surface area (Å²) in [6.07, 6.45) is 0.830. The number of carbonyl (C=O) groups is 1. The minimum Gasteiger partial charge on any atom is -0.463 e. The fraction of sp³-hybridized carbons (Fsp3) is 0.462. The van der Waals surface area contributed by atoms with Crippen LogP contribution in [0, 0.1) is 5.41 Å². The molecule has 0 saturated heterocycles. The summed E-state index contributed by atoms with van der Waals surface area (Å²) >= 11 is 10.8. The van der Waals surface area contributed by atoms with Gasteiger partial charge in [-0.2, -0.15) is 0 Å². The molecular weight excluding hydrogens is 259 g/mol. The Morgan fingerprint density at radius 2 is 1.88 bits per heavy atom. The number of hydrogen-bond acceptors (Lipinski definition) is 2. The lowest BCUT2D eigenvalue weighted by molar-refractivity contribution is -0.144. The number of halogens is 2. The Morgan fingerprint density at radius 3 is 2.41 bits per heavy atom. The second kappa shape index (κ2) is 6.27. The van der Waals surface area contributed by atoms with Crippen LogP contribution < -0.4 is 0 Å². The molecule has 0 aromatic heterocycles. The summed E-state index contributed by atoms with van der Waals surface area (Å²) in [5.74, 6) is -0.588. The number of hydrogen-bond donors (Lipinski definition) is 0. The number of rotatable bonds is 5. The van der Waals surface area contributed by atoms with E-state index in [1.807, 2.05) is 32.0 Å². The van der Waals surface area contributed by atoms with E-state index in [2.05, 4.69) is 12.1 Å². The molecule has 0 aliphatic carbocycles. The van der Waals surface area contributed by atoms with Crippen LogP contribution >= 0.6 is 23.2 Å². The quantitative estimate of drug-likeness (QED) is 0.606. The molecule has 0 aliphatic rings.